The van der Waals surface area contributed by atoms with E-state index in [2.05, 4.69) is 5.48 Å². The summed E-state index contributed by atoms with van der Waals surface area (Å²) in [7, 11) is 0. The maximum Gasteiger partial charge on any atom is 0.341 e. The number of hydrogen-bond donors (Lipinski definition) is 2. The quantitative estimate of drug-likeness (QED) is 0.748. The molecule has 1 aromatic carbocycles. The zero-order valence-electron chi connectivity index (χ0n) is 10.2. The van der Waals surface area contributed by atoms with Crippen LogP contribution in [0.4, 0.5) is 4.79 Å². The normalized spacial score (nSPS) is 14.3. The third-order valence-electron chi connectivity index (χ3n) is 2.83. The van der Waals surface area contributed by atoms with E-state index in [1.807, 2.05) is 30.3 Å². The van der Waals surface area contributed by atoms with E-state index in [1.54, 1.807) is 4.90 Å². The maximum absolute atomic E-state index is 11.8. The predicted octanol–water partition coefficient (Wildman–Crippen LogP) is 1.28. The van der Waals surface area contributed by atoms with Crippen molar-refractivity contribution >= 4 is 6.03 Å². The number of aliphatic hydroxyl groups is 1. The fourth-order valence-electron chi connectivity index (χ4n) is 1.76. The van der Waals surface area contributed by atoms with E-state index >= 15 is 0 Å². The van der Waals surface area contributed by atoms with Crippen LogP contribution in [0.3, 0.4) is 0 Å². The van der Waals surface area contributed by atoms with E-state index in [0.29, 0.717) is 13.2 Å². The van der Waals surface area contributed by atoms with Crippen molar-refractivity contribution in [1.82, 2.24) is 10.4 Å². The van der Waals surface area contributed by atoms with E-state index in [1.165, 1.54) is 0 Å². The number of nitrogens with zero attached hydrogens (tertiary/aromatic N) is 1. The Labute approximate surface area is 106 Å². The van der Waals surface area contributed by atoms with Gasteiger partial charge in [-0.05, 0) is 18.4 Å². The molecule has 98 valence electrons. The molecule has 18 heavy (non-hydrogen) atoms. The average Bonchev–Trinajstić information content (AvgIpc) is 3.21. The second kappa shape index (κ2) is 6.37. The predicted molar refractivity (Wildman–Crippen MR) is 66.6 cm³/mol. The van der Waals surface area contributed by atoms with Gasteiger partial charge >= 0.3 is 6.03 Å². The molecule has 2 amide bonds. The van der Waals surface area contributed by atoms with Crippen LogP contribution in [-0.2, 0) is 11.4 Å². The molecule has 0 unspecified atom stereocenters. The highest BCUT2D eigenvalue weighted by Gasteiger charge is 2.32. The number of carbonyl (C=O) groups excluding carboxylic acids is 1. The molecule has 0 aromatic heterocycles. The zero-order chi connectivity index (χ0) is 12.8. The van der Waals surface area contributed by atoms with E-state index < -0.39 is 0 Å². The Balaban J connectivity index is 1.73. The van der Waals surface area contributed by atoms with Crippen molar-refractivity contribution in [3.8, 4) is 0 Å². The highest BCUT2D eigenvalue weighted by Crippen LogP contribution is 2.26. The van der Waals surface area contributed by atoms with Crippen LogP contribution in [0.5, 0.6) is 0 Å². The number of amides is 2. The standard InChI is InChI=1S/C13H18N2O3/c16-9-8-15(12-6-7-12)13(17)14-18-10-11-4-2-1-3-5-11/h1-5,12,16H,6-10H2,(H,14,17). The Morgan fingerprint density at radius 3 is 2.72 bits per heavy atom. The lowest BCUT2D eigenvalue weighted by molar-refractivity contribution is 0.0338. The molecule has 0 aliphatic heterocycles. The fraction of sp³-hybridized carbons (Fsp3) is 0.462. The summed E-state index contributed by atoms with van der Waals surface area (Å²) in [5, 5.41) is 8.90. The lowest BCUT2D eigenvalue weighted by Crippen LogP contribution is -2.42. The van der Waals surface area contributed by atoms with Crippen molar-refractivity contribution in [2.75, 3.05) is 13.2 Å². The first-order valence-corrected chi connectivity index (χ1v) is 6.14. The van der Waals surface area contributed by atoms with Gasteiger partial charge in [-0.3, -0.25) is 4.84 Å². The molecule has 1 fully saturated rings. The van der Waals surface area contributed by atoms with Crippen molar-refractivity contribution in [3.05, 3.63) is 35.9 Å². The van der Waals surface area contributed by atoms with Crippen LogP contribution < -0.4 is 5.48 Å². The molecule has 0 spiro atoms. The van der Waals surface area contributed by atoms with Crippen LogP contribution in [0.1, 0.15) is 18.4 Å². The van der Waals surface area contributed by atoms with Gasteiger partial charge in [-0.15, -0.1) is 0 Å². The van der Waals surface area contributed by atoms with Crippen molar-refractivity contribution in [3.63, 3.8) is 0 Å². The van der Waals surface area contributed by atoms with Gasteiger partial charge in [0.1, 0.15) is 0 Å². The van der Waals surface area contributed by atoms with Crippen molar-refractivity contribution in [2.45, 2.75) is 25.5 Å². The van der Waals surface area contributed by atoms with Crippen LogP contribution in [0.2, 0.25) is 0 Å². The minimum Gasteiger partial charge on any atom is -0.395 e. The Kier molecular flexibility index (Phi) is 4.55. The van der Waals surface area contributed by atoms with E-state index in [9.17, 15) is 4.79 Å². The number of nitrogens with one attached hydrogen (secondary N) is 1. The van der Waals surface area contributed by atoms with Crippen molar-refractivity contribution in [1.29, 1.82) is 0 Å². The molecule has 0 saturated heterocycles. The van der Waals surface area contributed by atoms with Gasteiger partial charge in [0.2, 0.25) is 0 Å². The van der Waals surface area contributed by atoms with Crippen LogP contribution in [0.15, 0.2) is 30.3 Å². The van der Waals surface area contributed by atoms with E-state index in [4.69, 9.17) is 9.94 Å². The number of urea groups is 1. The molecule has 2 rings (SSSR count). The third-order valence-corrected chi connectivity index (χ3v) is 2.83. The molecule has 0 heterocycles. The minimum atomic E-state index is -0.275. The number of rotatable bonds is 6. The molecule has 1 aromatic rings. The maximum atomic E-state index is 11.8. The zero-order valence-corrected chi connectivity index (χ0v) is 10.2. The average molecular weight is 250 g/mol. The molecule has 1 aliphatic rings. The Morgan fingerprint density at radius 1 is 1.39 bits per heavy atom. The third kappa shape index (κ3) is 3.72. The van der Waals surface area contributed by atoms with Gasteiger partial charge in [-0.1, -0.05) is 30.3 Å². The second-order valence-electron chi connectivity index (χ2n) is 4.33. The molecular weight excluding hydrogens is 232 g/mol. The van der Waals surface area contributed by atoms with Crippen LogP contribution in [0, 0.1) is 0 Å². The van der Waals surface area contributed by atoms with Gasteiger partial charge in [0.25, 0.3) is 0 Å². The van der Waals surface area contributed by atoms with Crippen LogP contribution >= 0.6 is 0 Å². The molecule has 0 radical (unpaired) electrons. The molecule has 0 bridgehead atoms. The first-order valence-electron chi connectivity index (χ1n) is 6.14. The molecule has 2 N–H and O–H groups in total. The minimum absolute atomic E-state index is 0.0252. The summed E-state index contributed by atoms with van der Waals surface area (Å²) in [4.78, 5) is 18.6. The molecule has 1 aliphatic carbocycles. The fourth-order valence-corrected chi connectivity index (χ4v) is 1.76. The lowest BCUT2D eigenvalue weighted by atomic mass is 10.2. The molecular formula is C13H18N2O3. The Bertz CT molecular complexity index is 379. The number of carbonyl (C=O) groups is 1. The second-order valence-corrected chi connectivity index (χ2v) is 4.33. The molecule has 1 saturated carbocycles. The number of hydrogen-bond acceptors (Lipinski definition) is 3. The first-order chi connectivity index (χ1) is 8.81. The van der Waals surface area contributed by atoms with Crippen LogP contribution in [0.25, 0.3) is 0 Å². The summed E-state index contributed by atoms with van der Waals surface area (Å²) < 4.78 is 0. The summed E-state index contributed by atoms with van der Waals surface area (Å²) in [6.07, 6.45) is 2.01. The van der Waals surface area contributed by atoms with E-state index in [-0.39, 0.29) is 18.7 Å². The van der Waals surface area contributed by atoms with Crippen LogP contribution in [-0.4, -0.2) is 35.2 Å². The van der Waals surface area contributed by atoms with Gasteiger partial charge in [-0.25, -0.2) is 10.3 Å². The topological polar surface area (TPSA) is 61.8 Å². The van der Waals surface area contributed by atoms with Gasteiger partial charge in [0.15, 0.2) is 0 Å². The molecule has 5 nitrogen and oxygen atoms in total. The van der Waals surface area contributed by atoms with Gasteiger partial charge in [0, 0.05) is 12.6 Å². The number of aliphatic hydroxyl groups excluding tert-OH is 1. The first kappa shape index (κ1) is 12.9. The van der Waals surface area contributed by atoms with Gasteiger partial charge in [-0.2, -0.15) is 0 Å². The van der Waals surface area contributed by atoms with E-state index in [0.717, 1.165) is 18.4 Å². The molecule has 5 heteroatoms. The van der Waals surface area contributed by atoms with Crippen molar-refractivity contribution < 1.29 is 14.7 Å². The van der Waals surface area contributed by atoms with Crippen molar-refractivity contribution in [2.24, 2.45) is 0 Å². The lowest BCUT2D eigenvalue weighted by Gasteiger charge is -2.21. The molecule has 0 atom stereocenters. The Morgan fingerprint density at radius 2 is 2.11 bits per heavy atom. The SMILES string of the molecule is O=C(NOCc1ccccc1)N(CCO)C1CC1. The Hall–Kier alpha value is -1.59. The summed E-state index contributed by atoms with van der Waals surface area (Å²) in [5.41, 5.74) is 3.41. The number of benzene rings is 1. The largest absolute Gasteiger partial charge is 0.395 e. The van der Waals surface area contributed by atoms with Gasteiger partial charge in [0.05, 0.1) is 13.2 Å². The monoisotopic (exact) mass is 250 g/mol. The highest BCUT2D eigenvalue weighted by atomic mass is 16.7. The highest BCUT2D eigenvalue weighted by molar-refractivity contribution is 5.73. The summed E-state index contributed by atoms with van der Waals surface area (Å²) in [5.74, 6) is 0. The smallest absolute Gasteiger partial charge is 0.341 e. The number of hydroxylamine groups is 1. The van der Waals surface area contributed by atoms with Gasteiger partial charge < -0.3 is 10.0 Å². The summed E-state index contributed by atoms with van der Waals surface area (Å²) in [6, 6.07) is 9.61. The summed E-state index contributed by atoms with van der Waals surface area (Å²) >= 11 is 0. The summed E-state index contributed by atoms with van der Waals surface area (Å²) in [6.45, 7) is 0.665.